The van der Waals surface area contributed by atoms with Gasteiger partial charge in [-0.25, -0.2) is 0 Å². The van der Waals surface area contributed by atoms with Gasteiger partial charge in [-0.1, -0.05) is 23.7 Å². The molecule has 2 aliphatic carbocycles. The minimum Gasteiger partial charge on any atom is -0.342 e. The number of nitrogens with one attached hydrogen (secondary N) is 1. The first-order valence-corrected chi connectivity index (χ1v) is 9.19. The van der Waals surface area contributed by atoms with Crippen molar-refractivity contribution in [3.63, 3.8) is 0 Å². The number of rotatable bonds is 4. The van der Waals surface area contributed by atoms with Gasteiger partial charge in [0, 0.05) is 11.5 Å². The molecule has 138 valence electrons. The summed E-state index contributed by atoms with van der Waals surface area (Å²) in [5.74, 6) is 1.58. The van der Waals surface area contributed by atoms with E-state index in [1.165, 1.54) is 16.8 Å². The number of benzene rings is 1. The monoisotopic (exact) mass is 365 g/mol. The third-order valence-corrected chi connectivity index (χ3v) is 5.39. The first kappa shape index (κ1) is 16.1. The summed E-state index contributed by atoms with van der Waals surface area (Å²) in [6.45, 7) is 0. The van der Waals surface area contributed by atoms with Crippen molar-refractivity contribution in [3.05, 3.63) is 41.0 Å². The van der Waals surface area contributed by atoms with Crippen LogP contribution in [-0.4, -0.2) is 36.3 Å². The van der Waals surface area contributed by atoms with Crippen molar-refractivity contribution in [1.29, 1.82) is 0 Å². The molecule has 5 rings (SSSR count). The van der Waals surface area contributed by atoms with Gasteiger partial charge in [-0.3, -0.25) is 4.79 Å². The smallest absolute Gasteiger partial charge is 0.293 e. The SMILES string of the molecule is Cn1nnc(C(=O)N[C@@H]2CCc3cc(-c4noc(C5CCC5)n4)ccc32)n1. The second kappa shape index (κ2) is 6.26. The van der Waals surface area contributed by atoms with Gasteiger partial charge in [0.1, 0.15) is 0 Å². The van der Waals surface area contributed by atoms with Gasteiger partial charge in [-0.15, -0.1) is 10.2 Å². The van der Waals surface area contributed by atoms with Crippen LogP contribution in [0.4, 0.5) is 0 Å². The van der Waals surface area contributed by atoms with E-state index in [1.807, 2.05) is 12.1 Å². The van der Waals surface area contributed by atoms with E-state index in [0.717, 1.165) is 42.7 Å². The molecule has 0 aliphatic heterocycles. The average molecular weight is 365 g/mol. The van der Waals surface area contributed by atoms with E-state index in [9.17, 15) is 4.79 Å². The molecule has 0 saturated heterocycles. The Labute approximate surface area is 155 Å². The van der Waals surface area contributed by atoms with E-state index >= 15 is 0 Å². The predicted molar refractivity (Wildman–Crippen MR) is 93.7 cm³/mol. The summed E-state index contributed by atoms with van der Waals surface area (Å²) in [4.78, 5) is 18.1. The van der Waals surface area contributed by atoms with Gasteiger partial charge in [0.2, 0.25) is 11.7 Å². The summed E-state index contributed by atoms with van der Waals surface area (Å²) < 4.78 is 5.43. The second-order valence-electron chi connectivity index (χ2n) is 7.16. The number of fused-ring (bicyclic) bond motifs is 1. The molecule has 2 heterocycles. The second-order valence-corrected chi connectivity index (χ2v) is 7.16. The van der Waals surface area contributed by atoms with Crippen LogP contribution in [0.5, 0.6) is 0 Å². The maximum Gasteiger partial charge on any atom is 0.293 e. The molecule has 9 nitrogen and oxygen atoms in total. The van der Waals surface area contributed by atoms with Crippen LogP contribution in [0.1, 0.15) is 65.3 Å². The van der Waals surface area contributed by atoms with Gasteiger partial charge in [-0.2, -0.15) is 9.78 Å². The number of hydrogen-bond donors (Lipinski definition) is 1. The van der Waals surface area contributed by atoms with Crippen molar-refractivity contribution in [2.75, 3.05) is 0 Å². The molecule has 2 aromatic heterocycles. The molecular formula is C18H19N7O2. The minimum absolute atomic E-state index is 0.0545. The van der Waals surface area contributed by atoms with Gasteiger partial charge in [0.15, 0.2) is 0 Å². The first-order chi connectivity index (χ1) is 13.2. The molecular weight excluding hydrogens is 346 g/mol. The van der Waals surface area contributed by atoms with E-state index in [1.54, 1.807) is 7.05 Å². The Bertz CT molecular complexity index is 1000. The molecule has 0 bridgehead atoms. The lowest BCUT2D eigenvalue weighted by molar-refractivity contribution is 0.0926. The lowest BCUT2D eigenvalue weighted by Gasteiger charge is -2.20. The zero-order valence-electron chi connectivity index (χ0n) is 14.9. The Morgan fingerprint density at radius 1 is 1.30 bits per heavy atom. The quantitative estimate of drug-likeness (QED) is 0.752. The lowest BCUT2D eigenvalue weighted by Crippen LogP contribution is -2.28. The molecule has 1 atom stereocenters. The number of tetrazole rings is 1. The third kappa shape index (κ3) is 2.88. The Morgan fingerprint density at radius 2 is 2.19 bits per heavy atom. The zero-order valence-corrected chi connectivity index (χ0v) is 14.9. The van der Waals surface area contributed by atoms with Crippen LogP contribution in [0.25, 0.3) is 11.4 Å². The highest BCUT2D eigenvalue weighted by atomic mass is 16.5. The summed E-state index contributed by atoms with van der Waals surface area (Å²) in [5, 5.41) is 18.5. The fourth-order valence-corrected chi connectivity index (χ4v) is 3.68. The largest absolute Gasteiger partial charge is 0.342 e. The van der Waals surface area contributed by atoms with Crippen LogP contribution in [-0.2, 0) is 13.5 Å². The van der Waals surface area contributed by atoms with E-state index in [2.05, 4.69) is 36.9 Å². The van der Waals surface area contributed by atoms with E-state index in [0.29, 0.717) is 11.7 Å². The van der Waals surface area contributed by atoms with E-state index in [-0.39, 0.29) is 17.8 Å². The van der Waals surface area contributed by atoms with Gasteiger partial charge >= 0.3 is 0 Å². The molecule has 0 unspecified atom stereocenters. The van der Waals surface area contributed by atoms with Crippen LogP contribution in [0, 0.1) is 0 Å². The number of carbonyl (C=O) groups excluding carboxylic acids is 1. The van der Waals surface area contributed by atoms with Crippen molar-refractivity contribution >= 4 is 5.91 Å². The van der Waals surface area contributed by atoms with Crippen molar-refractivity contribution < 1.29 is 9.32 Å². The van der Waals surface area contributed by atoms with Crippen molar-refractivity contribution in [3.8, 4) is 11.4 Å². The summed E-state index contributed by atoms with van der Waals surface area (Å²) in [6, 6.07) is 6.06. The third-order valence-electron chi connectivity index (χ3n) is 5.39. The van der Waals surface area contributed by atoms with Gasteiger partial charge in [0.25, 0.3) is 11.7 Å². The molecule has 1 fully saturated rings. The standard InChI is InChI=1S/C18H19N7O2/c1-25-22-16(21-24-25)17(26)19-14-8-6-11-9-12(5-7-13(11)14)15-20-18(27-23-15)10-3-2-4-10/h5,7,9-10,14H,2-4,6,8H2,1H3,(H,19,26)/t14-/m1/s1. The number of amides is 1. The molecule has 0 radical (unpaired) electrons. The maximum atomic E-state index is 12.3. The van der Waals surface area contributed by atoms with Gasteiger partial charge in [-0.05, 0) is 48.1 Å². The number of aryl methyl sites for hydroxylation is 2. The molecule has 3 aromatic rings. The summed E-state index contributed by atoms with van der Waals surface area (Å²) in [5.41, 5.74) is 3.25. The highest BCUT2D eigenvalue weighted by molar-refractivity contribution is 5.90. The van der Waals surface area contributed by atoms with Crippen LogP contribution in [0.2, 0.25) is 0 Å². The van der Waals surface area contributed by atoms with E-state index < -0.39 is 0 Å². The predicted octanol–water partition coefficient (Wildman–Crippen LogP) is 1.94. The van der Waals surface area contributed by atoms with Crippen molar-refractivity contribution in [1.82, 2.24) is 35.7 Å². The van der Waals surface area contributed by atoms with Gasteiger partial charge < -0.3 is 9.84 Å². The Hall–Kier alpha value is -3.10. The Kier molecular flexibility index (Phi) is 3.73. The van der Waals surface area contributed by atoms with Crippen LogP contribution in [0.15, 0.2) is 22.7 Å². The van der Waals surface area contributed by atoms with Crippen molar-refractivity contribution in [2.24, 2.45) is 7.05 Å². The molecule has 1 amide bonds. The molecule has 1 saturated carbocycles. The highest BCUT2D eigenvalue weighted by Gasteiger charge is 2.28. The topological polar surface area (TPSA) is 112 Å². The van der Waals surface area contributed by atoms with E-state index in [4.69, 9.17) is 4.52 Å². The number of aromatic nitrogens is 6. The molecule has 0 spiro atoms. The first-order valence-electron chi connectivity index (χ1n) is 9.19. The van der Waals surface area contributed by atoms with Crippen LogP contribution >= 0.6 is 0 Å². The molecule has 9 heteroatoms. The lowest BCUT2D eigenvalue weighted by atomic mass is 9.85. The molecule has 1 aromatic carbocycles. The summed E-state index contributed by atoms with van der Waals surface area (Å²) in [6.07, 6.45) is 5.22. The zero-order chi connectivity index (χ0) is 18.4. The van der Waals surface area contributed by atoms with Crippen LogP contribution < -0.4 is 5.32 Å². The Balaban J connectivity index is 1.34. The fraction of sp³-hybridized carbons (Fsp3) is 0.444. The fourth-order valence-electron chi connectivity index (χ4n) is 3.68. The molecule has 27 heavy (non-hydrogen) atoms. The van der Waals surface area contributed by atoms with Crippen molar-refractivity contribution in [2.45, 2.75) is 44.1 Å². The highest BCUT2D eigenvalue weighted by Crippen LogP contribution is 2.37. The normalized spacial score (nSPS) is 18.9. The number of hydrogen-bond acceptors (Lipinski definition) is 7. The average Bonchev–Trinajstić information content (AvgIpc) is 3.34. The summed E-state index contributed by atoms with van der Waals surface area (Å²) in [7, 11) is 1.63. The van der Waals surface area contributed by atoms with Crippen LogP contribution in [0.3, 0.4) is 0 Å². The molecule has 1 N–H and O–H groups in total. The molecule has 2 aliphatic rings. The minimum atomic E-state index is -0.312. The summed E-state index contributed by atoms with van der Waals surface area (Å²) >= 11 is 0. The maximum absolute atomic E-state index is 12.3. The van der Waals surface area contributed by atoms with Gasteiger partial charge in [0.05, 0.1) is 13.1 Å². The number of carbonyl (C=O) groups is 1. The Morgan fingerprint density at radius 3 is 2.93 bits per heavy atom. The number of nitrogens with zero attached hydrogens (tertiary/aromatic N) is 6.